The van der Waals surface area contributed by atoms with Crippen molar-refractivity contribution in [3.05, 3.63) is 41.5 Å². The monoisotopic (exact) mass is 243 g/mol. The van der Waals surface area contributed by atoms with Gasteiger partial charge in [-0.2, -0.15) is 0 Å². The molecular weight excluding hydrogens is 230 g/mol. The van der Waals surface area contributed by atoms with Crippen LogP contribution in [-0.4, -0.2) is 23.3 Å². The van der Waals surface area contributed by atoms with Crippen LogP contribution in [0.1, 0.15) is 23.0 Å². The third-order valence-electron chi connectivity index (χ3n) is 3.48. The number of nitrogens with one attached hydrogen (secondary N) is 2. The van der Waals surface area contributed by atoms with Crippen molar-refractivity contribution in [1.29, 1.82) is 0 Å². The zero-order chi connectivity index (χ0) is 11.9. The van der Waals surface area contributed by atoms with E-state index in [0.29, 0.717) is 6.79 Å². The lowest BCUT2D eigenvalue weighted by Crippen LogP contribution is -2.30. The highest BCUT2D eigenvalue weighted by molar-refractivity contribution is 5.47. The number of hydrogen-bond acceptors (Lipinski definition) is 4. The van der Waals surface area contributed by atoms with Crippen LogP contribution < -0.4 is 14.8 Å². The Hall–Kier alpha value is -2.01. The molecule has 18 heavy (non-hydrogen) atoms. The number of imidazole rings is 1. The molecule has 0 amide bonds. The molecule has 0 saturated heterocycles. The summed E-state index contributed by atoms with van der Waals surface area (Å²) in [6.07, 6.45) is 2.76. The topological polar surface area (TPSA) is 59.2 Å². The molecule has 1 atom stereocenters. The molecule has 2 aliphatic rings. The minimum Gasteiger partial charge on any atom is -0.454 e. The number of hydrogen-bond donors (Lipinski definition) is 2. The Morgan fingerprint density at radius 1 is 1.22 bits per heavy atom. The number of aromatic nitrogens is 2. The van der Waals surface area contributed by atoms with Crippen LogP contribution in [0.2, 0.25) is 0 Å². The largest absolute Gasteiger partial charge is 0.454 e. The predicted molar refractivity (Wildman–Crippen MR) is 64.7 cm³/mol. The molecule has 0 aliphatic carbocycles. The fourth-order valence-corrected chi connectivity index (χ4v) is 2.59. The van der Waals surface area contributed by atoms with Crippen LogP contribution in [0.15, 0.2) is 24.5 Å². The summed E-state index contributed by atoms with van der Waals surface area (Å²) in [4.78, 5) is 7.62. The Morgan fingerprint density at radius 3 is 3.17 bits per heavy atom. The highest BCUT2D eigenvalue weighted by atomic mass is 16.7. The molecule has 0 spiro atoms. The Balaban J connectivity index is 1.76. The average Bonchev–Trinajstić information content (AvgIpc) is 3.05. The van der Waals surface area contributed by atoms with Crippen LogP contribution in [0, 0.1) is 0 Å². The Bertz CT molecular complexity index is 594. The van der Waals surface area contributed by atoms with Gasteiger partial charge in [0.15, 0.2) is 11.5 Å². The summed E-state index contributed by atoms with van der Waals surface area (Å²) in [6.45, 7) is 1.26. The minimum atomic E-state index is 0.134. The maximum absolute atomic E-state index is 5.42. The van der Waals surface area contributed by atoms with Gasteiger partial charge in [0.2, 0.25) is 6.79 Å². The lowest BCUT2D eigenvalue weighted by Gasteiger charge is -2.23. The van der Waals surface area contributed by atoms with Crippen molar-refractivity contribution in [2.75, 3.05) is 13.3 Å². The molecule has 1 aromatic heterocycles. The van der Waals surface area contributed by atoms with E-state index in [-0.39, 0.29) is 6.04 Å². The maximum atomic E-state index is 5.42. The average molecular weight is 243 g/mol. The molecule has 0 unspecified atom stereocenters. The number of H-pyrrole nitrogens is 1. The minimum absolute atomic E-state index is 0.134. The second kappa shape index (κ2) is 3.74. The fraction of sp³-hybridized carbons (Fsp3) is 0.308. The molecule has 2 aromatic rings. The van der Waals surface area contributed by atoms with E-state index in [0.717, 1.165) is 35.7 Å². The van der Waals surface area contributed by atoms with Crippen molar-refractivity contribution in [2.45, 2.75) is 12.5 Å². The SMILES string of the molecule is c1nc2c([nH]1)CCN[C@H]2c1ccc2c(c1)OCO2. The van der Waals surface area contributed by atoms with Crippen LogP contribution in [-0.2, 0) is 6.42 Å². The lowest BCUT2D eigenvalue weighted by molar-refractivity contribution is 0.174. The second-order valence-electron chi connectivity index (χ2n) is 4.52. The summed E-state index contributed by atoms with van der Waals surface area (Å²) in [5.74, 6) is 1.63. The van der Waals surface area contributed by atoms with Crippen molar-refractivity contribution in [1.82, 2.24) is 15.3 Å². The number of benzene rings is 1. The highest BCUT2D eigenvalue weighted by Gasteiger charge is 2.25. The molecule has 2 aliphatic heterocycles. The number of aromatic amines is 1. The third-order valence-corrected chi connectivity index (χ3v) is 3.48. The van der Waals surface area contributed by atoms with E-state index in [1.807, 2.05) is 12.1 Å². The van der Waals surface area contributed by atoms with Crippen LogP contribution in [0.3, 0.4) is 0 Å². The Labute approximate surface area is 104 Å². The molecule has 2 N–H and O–H groups in total. The van der Waals surface area contributed by atoms with Crippen LogP contribution in [0.25, 0.3) is 0 Å². The van der Waals surface area contributed by atoms with Crippen molar-refractivity contribution in [3.63, 3.8) is 0 Å². The molecule has 0 fully saturated rings. The molecule has 5 nitrogen and oxygen atoms in total. The van der Waals surface area contributed by atoms with Gasteiger partial charge >= 0.3 is 0 Å². The van der Waals surface area contributed by atoms with E-state index in [4.69, 9.17) is 9.47 Å². The second-order valence-corrected chi connectivity index (χ2v) is 4.52. The van der Waals surface area contributed by atoms with Crippen molar-refractivity contribution in [2.24, 2.45) is 0 Å². The van der Waals surface area contributed by atoms with Gasteiger partial charge < -0.3 is 19.8 Å². The number of rotatable bonds is 1. The van der Waals surface area contributed by atoms with Gasteiger partial charge in [-0.15, -0.1) is 0 Å². The van der Waals surface area contributed by atoms with Gasteiger partial charge in [-0.25, -0.2) is 4.98 Å². The summed E-state index contributed by atoms with van der Waals surface area (Å²) >= 11 is 0. The molecule has 5 heteroatoms. The quantitative estimate of drug-likeness (QED) is 0.794. The van der Waals surface area contributed by atoms with Gasteiger partial charge in [-0.05, 0) is 17.7 Å². The molecule has 1 aromatic carbocycles. The van der Waals surface area contributed by atoms with E-state index >= 15 is 0 Å². The van der Waals surface area contributed by atoms with Crippen molar-refractivity contribution in [3.8, 4) is 11.5 Å². The van der Waals surface area contributed by atoms with E-state index in [2.05, 4.69) is 21.4 Å². The summed E-state index contributed by atoms with van der Waals surface area (Å²) in [6, 6.07) is 6.19. The van der Waals surface area contributed by atoms with Crippen LogP contribution in [0.4, 0.5) is 0 Å². The summed E-state index contributed by atoms with van der Waals surface area (Å²) in [7, 11) is 0. The summed E-state index contributed by atoms with van der Waals surface area (Å²) < 4.78 is 10.8. The van der Waals surface area contributed by atoms with E-state index in [1.165, 1.54) is 5.69 Å². The fourth-order valence-electron chi connectivity index (χ4n) is 2.59. The van der Waals surface area contributed by atoms with Crippen molar-refractivity contribution >= 4 is 0 Å². The van der Waals surface area contributed by atoms with Crippen LogP contribution in [0.5, 0.6) is 11.5 Å². The van der Waals surface area contributed by atoms with E-state index < -0.39 is 0 Å². The lowest BCUT2D eigenvalue weighted by atomic mass is 9.98. The zero-order valence-corrected chi connectivity index (χ0v) is 9.77. The van der Waals surface area contributed by atoms with Gasteiger partial charge in [0.05, 0.1) is 18.1 Å². The predicted octanol–water partition coefficient (Wildman–Crippen LogP) is 1.37. The Kier molecular flexibility index (Phi) is 2.07. The zero-order valence-electron chi connectivity index (χ0n) is 9.77. The maximum Gasteiger partial charge on any atom is 0.231 e. The smallest absolute Gasteiger partial charge is 0.231 e. The molecular formula is C13H13N3O2. The van der Waals surface area contributed by atoms with Gasteiger partial charge in [0, 0.05) is 18.7 Å². The van der Waals surface area contributed by atoms with Gasteiger partial charge in [-0.3, -0.25) is 0 Å². The van der Waals surface area contributed by atoms with Crippen LogP contribution >= 0.6 is 0 Å². The van der Waals surface area contributed by atoms with Crippen molar-refractivity contribution < 1.29 is 9.47 Å². The summed E-state index contributed by atoms with van der Waals surface area (Å²) in [5.41, 5.74) is 3.46. The molecule has 92 valence electrons. The van der Waals surface area contributed by atoms with Gasteiger partial charge in [0.1, 0.15) is 0 Å². The molecule has 0 bridgehead atoms. The van der Waals surface area contributed by atoms with E-state index in [9.17, 15) is 0 Å². The highest BCUT2D eigenvalue weighted by Crippen LogP contribution is 2.36. The first-order valence-electron chi connectivity index (χ1n) is 6.07. The number of fused-ring (bicyclic) bond motifs is 2. The van der Waals surface area contributed by atoms with Gasteiger partial charge in [0.25, 0.3) is 0 Å². The van der Waals surface area contributed by atoms with E-state index in [1.54, 1.807) is 6.33 Å². The molecule has 3 heterocycles. The number of nitrogens with zero attached hydrogens (tertiary/aromatic N) is 1. The third kappa shape index (κ3) is 1.41. The molecule has 0 saturated carbocycles. The first-order valence-corrected chi connectivity index (χ1v) is 6.07. The number of ether oxygens (including phenoxy) is 2. The first kappa shape index (κ1) is 9.96. The Morgan fingerprint density at radius 2 is 2.17 bits per heavy atom. The normalized spacial score (nSPS) is 20.8. The molecule has 0 radical (unpaired) electrons. The first-order chi connectivity index (χ1) is 8.92. The molecule has 4 rings (SSSR count). The summed E-state index contributed by atoms with van der Waals surface area (Å²) in [5, 5.41) is 3.49. The van der Waals surface area contributed by atoms with Gasteiger partial charge in [-0.1, -0.05) is 6.07 Å². The standard InChI is InChI=1S/C13H13N3O2/c1-2-10-11(18-7-17-10)5-8(1)12-13-9(3-4-14-12)15-6-16-13/h1-2,5-6,12,14H,3-4,7H2,(H,15,16)/t12-/m0/s1.